The van der Waals surface area contributed by atoms with Gasteiger partial charge in [0.1, 0.15) is 36.6 Å². The van der Waals surface area contributed by atoms with Crippen LogP contribution in [0.15, 0.2) is 11.6 Å². The van der Waals surface area contributed by atoms with Gasteiger partial charge in [-0.2, -0.15) is 0 Å². The van der Waals surface area contributed by atoms with Gasteiger partial charge in [-0.3, -0.25) is 0 Å². The van der Waals surface area contributed by atoms with Gasteiger partial charge >= 0.3 is 0 Å². The second-order valence-electron chi connectivity index (χ2n) is 18.0. The van der Waals surface area contributed by atoms with E-state index in [1.165, 1.54) is 7.11 Å². The molecule has 0 bridgehead atoms. The fourth-order valence-electron chi connectivity index (χ4n) is 11.9. The first-order valence-corrected chi connectivity index (χ1v) is 19.8. The summed E-state index contributed by atoms with van der Waals surface area (Å²) in [5.74, 6) is -1.00. The van der Waals surface area contributed by atoms with Gasteiger partial charge < -0.3 is 69.6 Å². The predicted molar refractivity (Wildman–Crippen MR) is 189 cm³/mol. The van der Waals surface area contributed by atoms with E-state index in [0.717, 1.165) is 24.8 Å². The van der Waals surface area contributed by atoms with Crippen LogP contribution in [-0.2, 0) is 23.7 Å². The van der Waals surface area contributed by atoms with Crippen LogP contribution < -0.4 is 0 Å². The Hall–Kier alpha value is -0.820. The lowest BCUT2D eigenvalue weighted by atomic mass is 9.43. The van der Waals surface area contributed by atoms with Gasteiger partial charge in [0, 0.05) is 19.4 Å². The molecule has 306 valence electrons. The smallest absolute Gasteiger partial charge is 0.187 e. The number of fused-ring (bicyclic) bond motifs is 5. The first-order valence-electron chi connectivity index (χ1n) is 19.8. The van der Waals surface area contributed by atoms with Crippen LogP contribution in [-0.4, -0.2) is 152 Å². The van der Waals surface area contributed by atoms with Crippen LogP contribution in [0.1, 0.15) is 86.0 Å². The minimum atomic E-state index is -1.41. The van der Waals surface area contributed by atoms with Crippen molar-refractivity contribution in [3.8, 4) is 0 Å². The van der Waals surface area contributed by atoms with Crippen molar-refractivity contribution in [2.75, 3.05) is 20.3 Å². The zero-order chi connectivity index (χ0) is 38.8. The highest BCUT2D eigenvalue weighted by molar-refractivity contribution is 5.33. The molecule has 9 N–H and O–H groups in total. The van der Waals surface area contributed by atoms with Crippen molar-refractivity contribution < 1.29 is 69.6 Å². The fraction of sp³-hybridized carbons (Fsp3) is 0.949. The van der Waals surface area contributed by atoms with E-state index in [1.54, 1.807) is 6.92 Å². The molecule has 0 aromatic heterocycles. The van der Waals surface area contributed by atoms with Crippen LogP contribution >= 0.6 is 0 Å². The van der Waals surface area contributed by atoms with Gasteiger partial charge in [-0.15, -0.1) is 0 Å². The van der Waals surface area contributed by atoms with Crippen LogP contribution in [0, 0.1) is 40.4 Å². The first kappa shape index (κ1) is 41.8. The Morgan fingerprint density at radius 1 is 0.868 bits per heavy atom. The van der Waals surface area contributed by atoms with Gasteiger partial charge in [0.2, 0.25) is 0 Å². The molecular formula is C39H66O14. The van der Waals surface area contributed by atoms with Crippen molar-refractivity contribution in [3.05, 3.63) is 11.6 Å². The van der Waals surface area contributed by atoms with E-state index >= 15 is 0 Å². The molecule has 53 heavy (non-hydrogen) atoms. The van der Waals surface area contributed by atoms with E-state index in [-0.39, 0.29) is 36.7 Å². The van der Waals surface area contributed by atoms with Crippen molar-refractivity contribution in [3.63, 3.8) is 0 Å². The molecular weight excluding hydrogens is 692 g/mol. The van der Waals surface area contributed by atoms with E-state index in [0.29, 0.717) is 32.3 Å². The molecule has 0 amide bonds. The molecule has 2 heterocycles. The normalized spacial score (nSPS) is 52.5. The molecule has 3 saturated carbocycles. The molecule has 2 aliphatic heterocycles. The van der Waals surface area contributed by atoms with Crippen LogP contribution in [0.5, 0.6) is 0 Å². The minimum Gasteiger partial charge on any atom is -0.390 e. The topological polar surface area (TPSA) is 228 Å². The fourth-order valence-corrected chi connectivity index (χ4v) is 11.9. The summed E-state index contributed by atoms with van der Waals surface area (Å²) in [6.45, 7) is 10.1. The molecule has 2 saturated heterocycles. The molecule has 6 aliphatic rings. The largest absolute Gasteiger partial charge is 0.390 e. The molecule has 3 unspecified atom stereocenters. The second-order valence-corrected chi connectivity index (χ2v) is 18.0. The molecule has 0 spiro atoms. The summed E-state index contributed by atoms with van der Waals surface area (Å²) >= 11 is 0. The Bertz CT molecular complexity index is 1290. The molecule has 4 aliphatic carbocycles. The maximum atomic E-state index is 12.8. The number of rotatable bonds is 11. The van der Waals surface area contributed by atoms with Crippen molar-refractivity contribution in [1.82, 2.24) is 0 Å². The number of methoxy groups -OCH3 is 1. The van der Waals surface area contributed by atoms with E-state index in [9.17, 15) is 46.0 Å². The van der Waals surface area contributed by atoms with Crippen molar-refractivity contribution in [2.24, 2.45) is 40.4 Å². The van der Waals surface area contributed by atoms with Crippen LogP contribution in [0.2, 0.25) is 0 Å². The maximum absolute atomic E-state index is 12.8. The maximum Gasteiger partial charge on any atom is 0.187 e. The summed E-state index contributed by atoms with van der Waals surface area (Å²) in [7, 11) is 1.42. The van der Waals surface area contributed by atoms with Gasteiger partial charge in [-0.25, -0.2) is 0 Å². The molecule has 21 atom stereocenters. The lowest BCUT2D eigenvalue weighted by Crippen LogP contribution is -2.66. The van der Waals surface area contributed by atoms with Gasteiger partial charge in [0.05, 0.1) is 49.3 Å². The number of aliphatic hydroxyl groups excluding tert-OH is 8. The zero-order valence-corrected chi connectivity index (χ0v) is 32.1. The second kappa shape index (κ2) is 15.8. The van der Waals surface area contributed by atoms with Gasteiger partial charge in [0.25, 0.3) is 0 Å². The third kappa shape index (κ3) is 7.30. The van der Waals surface area contributed by atoms with E-state index < -0.39 is 102 Å². The third-order valence-electron chi connectivity index (χ3n) is 14.6. The monoisotopic (exact) mass is 758 g/mol. The molecule has 14 nitrogen and oxygen atoms in total. The minimum absolute atomic E-state index is 0.0358. The van der Waals surface area contributed by atoms with Gasteiger partial charge in [-0.05, 0) is 79.1 Å². The first-order chi connectivity index (χ1) is 24.9. The van der Waals surface area contributed by atoms with Gasteiger partial charge in [0.15, 0.2) is 12.6 Å². The average Bonchev–Trinajstić information content (AvgIpc) is 3.31. The van der Waals surface area contributed by atoms with Gasteiger partial charge in [-0.1, -0.05) is 46.6 Å². The summed E-state index contributed by atoms with van der Waals surface area (Å²) in [5, 5.41) is 98.7. The van der Waals surface area contributed by atoms with E-state index in [1.807, 2.05) is 13.0 Å². The SMILES string of the molecule is CO[C@H]1[C@H](O[C@@H]2C=C3[C@H](O)C[C@]4(O)C(CC[C@@]5(C)C4[C@@H](O)[C@H](O)[C@@H]5[C@H](C)CCCC(C)CO[C@@H]4O[C@@H](C)[C@@H](O)[C@@H](O)[C@@H]4O)[C@@]3(C)CC2)OC[C@@H](O)[C@@H]1O. The average molecular weight is 759 g/mol. The Morgan fingerprint density at radius 3 is 2.28 bits per heavy atom. The van der Waals surface area contributed by atoms with E-state index in [4.69, 9.17) is 23.7 Å². The summed E-state index contributed by atoms with van der Waals surface area (Å²) in [5.41, 5.74) is -1.75. The number of ether oxygens (including phenoxy) is 5. The summed E-state index contributed by atoms with van der Waals surface area (Å²) in [6.07, 6.45) is -6.26. The third-order valence-corrected chi connectivity index (χ3v) is 14.6. The predicted octanol–water partition coefficient (Wildman–Crippen LogP) is 0.358. The Kier molecular flexibility index (Phi) is 12.5. The number of hydrogen-bond donors (Lipinski definition) is 9. The number of hydrogen-bond acceptors (Lipinski definition) is 14. The number of aliphatic hydroxyl groups is 9. The lowest BCUT2D eigenvalue weighted by molar-refractivity contribution is -0.295. The van der Waals surface area contributed by atoms with E-state index in [2.05, 4.69) is 20.8 Å². The molecule has 0 radical (unpaired) electrons. The highest BCUT2D eigenvalue weighted by atomic mass is 16.7. The Morgan fingerprint density at radius 2 is 1.58 bits per heavy atom. The van der Waals surface area contributed by atoms with Crippen molar-refractivity contribution in [2.45, 2.75) is 171 Å². The molecule has 6 rings (SSSR count). The summed E-state index contributed by atoms with van der Waals surface area (Å²) < 4.78 is 28.6. The summed E-state index contributed by atoms with van der Waals surface area (Å²) in [6, 6.07) is 0. The molecule has 0 aromatic carbocycles. The summed E-state index contributed by atoms with van der Waals surface area (Å²) in [4.78, 5) is 0. The lowest BCUT2D eigenvalue weighted by Gasteiger charge is -2.64. The van der Waals surface area contributed by atoms with Crippen molar-refractivity contribution >= 4 is 0 Å². The quantitative estimate of drug-likeness (QED) is 0.130. The van der Waals surface area contributed by atoms with Crippen LogP contribution in [0.25, 0.3) is 0 Å². The van der Waals surface area contributed by atoms with Crippen LogP contribution in [0.4, 0.5) is 0 Å². The standard InChI is InChI=1S/C39H66O14/c1-18(16-50-35-32(47)30(45)27(42)20(3)52-35)8-7-9-19(2)26-29(44)31(46)34-38(26,5)13-11-25-37(4)12-10-21(14-22(37)23(40)15-39(25,34)48)53-36-33(49-6)28(43)24(41)17-51-36/h14,18-21,23-36,40-48H,7-13,15-17H2,1-6H3/t18?,19-,20+,21+,23-,24-,25?,26+,27-,28+,29-,30-,31+,32+,33-,34?,35-,36+,37+,38-,39+/m1/s1. The van der Waals surface area contributed by atoms with Crippen LogP contribution in [0.3, 0.4) is 0 Å². The highest BCUT2D eigenvalue weighted by Gasteiger charge is 2.72. The Labute approximate surface area is 313 Å². The molecule has 5 fully saturated rings. The van der Waals surface area contributed by atoms with Crippen molar-refractivity contribution in [1.29, 1.82) is 0 Å². The Balaban J connectivity index is 1.09. The zero-order valence-electron chi connectivity index (χ0n) is 32.1. The molecule has 14 heteroatoms. The highest BCUT2D eigenvalue weighted by Crippen LogP contribution is 2.69. The molecule has 0 aromatic rings.